The first-order valence-corrected chi connectivity index (χ1v) is 6.13. The molecule has 1 atom stereocenters. The molecule has 1 aliphatic rings. The second-order valence-electron chi connectivity index (χ2n) is 6.07. The van der Waals surface area contributed by atoms with Gasteiger partial charge >= 0.3 is 12.1 Å². The van der Waals surface area contributed by atoms with E-state index >= 15 is 0 Å². The summed E-state index contributed by atoms with van der Waals surface area (Å²) in [6.45, 7) is 17.0. The molecule has 0 aliphatic carbocycles. The topological polar surface area (TPSA) is 60.6 Å². The minimum absolute atomic E-state index is 0.00250. The van der Waals surface area contributed by atoms with E-state index in [0.717, 1.165) is 5.57 Å². The van der Waals surface area contributed by atoms with E-state index < -0.39 is 18.2 Å². The van der Waals surface area contributed by atoms with Gasteiger partial charge in [0.05, 0.1) is 0 Å². The number of hydrogen-bond acceptors (Lipinski definition) is 5. The molecule has 1 saturated heterocycles. The van der Waals surface area contributed by atoms with Crippen molar-refractivity contribution in [3.8, 4) is 0 Å². The van der Waals surface area contributed by atoms with Gasteiger partial charge in [0.1, 0.15) is 6.10 Å². The first-order valence-electron chi connectivity index (χ1n) is 6.13. The smallest absolute Gasteiger partial charge is 0.426 e. The number of rotatable bonds is 5. The van der Waals surface area contributed by atoms with Crippen LogP contribution in [0.5, 0.6) is 0 Å². The second-order valence-corrected chi connectivity index (χ2v) is 6.07. The fourth-order valence-electron chi connectivity index (χ4n) is 1.42. The summed E-state index contributed by atoms with van der Waals surface area (Å²) in [7, 11) is 0. The van der Waals surface area contributed by atoms with Gasteiger partial charge in [0, 0.05) is 5.57 Å². The maximum absolute atomic E-state index is 11.7. The molecule has 1 fully saturated rings. The molecule has 5 nitrogen and oxygen atoms in total. The van der Waals surface area contributed by atoms with Crippen molar-refractivity contribution < 1.29 is 24.0 Å². The van der Waals surface area contributed by atoms with Crippen LogP contribution < -0.4 is 0 Å². The van der Waals surface area contributed by atoms with E-state index in [1.165, 1.54) is 0 Å². The summed E-state index contributed by atoms with van der Waals surface area (Å²) in [6, 6.07) is 0. The summed E-state index contributed by atoms with van der Waals surface area (Å²) in [5.41, 5.74) is 1.20. The monoisotopic (exact) mass is 270 g/mol. The van der Waals surface area contributed by atoms with Crippen molar-refractivity contribution >= 4 is 6.16 Å². The van der Waals surface area contributed by atoms with E-state index in [1.807, 2.05) is 6.92 Å². The van der Waals surface area contributed by atoms with Crippen molar-refractivity contribution in [2.24, 2.45) is 5.41 Å². The molecule has 0 spiro atoms. The lowest BCUT2D eigenvalue weighted by Crippen LogP contribution is -2.29. The third-order valence-electron chi connectivity index (χ3n) is 2.56. The number of carbonyl (C=O) groups is 1. The molecule has 19 heavy (non-hydrogen) atoms. The van der Waals surface area contributed by atoms with E-state index in [2.05, 4.69) is 43.7 Å². The van der Waals surface area contributed by atoms with Crippen molar-refractivity contribution in [2.75, 3.05) is 0 Å². The molecule has 0 saturated carbocycles. The molecule has 1 unspecified atom stereocenters. The molecular formula is C14H22O5. The van der Waals surface area contributed by atoms with Gasteiger partial charge in [-0.1, -0.05) is 33.9 Å². The zero-order valence-electron chi connectivity index (χ0n) is 12.2. The predicted molar refractivity (Wildman–Crippen MR) is 70.0 cm³/mol. The minimum atomic E-state index is -1.47. The zero-order valence-corrected chi connectivity index (χ0v) is 12.2. The highest BCUT2D eigenvalue weighted by Gasteiger charge is 2.56. The summed E-state index contributed by atoms with van der Waals surface area (Å²) in [6.07, 6.45) is -0.620. The van der Waals surface area contributed by atoms with E-state index in [-0.39, 0.29) is 5.41 Å². The van der Waals surface area contributed by atoms with Gasteiger partial charge < -0.3 is 9.47 Å². The maximum Gasteiger partial charge on any atom is 0.513 e. The number of hydrogen-bond donors (Lipinski definition) is 0. The summed E-state index contributed by atoms with van der Waals surface area (Å²) in [5, 5.41) is 0. The zero-order chi connectivity index (χ0) is 14.8. The number of carbonyl (C=O) groups excluding carboxylic acids is 1. The molecule has 0 aromatic rings. The third-order valence-corrected chi connectivity index (χ3v) is 2.56. The number of ether oxygens (including phenoxy) is 2. The quantitative estimate of drug-likeness (QED) is 0.330. The molecule has 0 radical (unpaired) electrons. The first-order chi connectivity index (χ1) is 8.56. The van der Waals surface area contributed by atoms with Gasteiger partial charge in [-0.05, 0) is 31.3 Å². The molecule has 0 aromatic carbocycles. The van der Waals surface area contributed by atoms with E-state index in [1.54, 1.807) is 6.92 Å². The highest BCUT2D eigenvalue weighted by molar-refractivity contribution is 5.61. The van der Waals surface area contributed by atoms with E-state index in [4.69, 9.17) is 9.47 Å². The Kier molecular flexibility index (Phi) is 4.43. The fourth-order valence-corrected chi connectivity index (χ4v) is 1.42. The van der Waals surface area contributed by atoms with Crippen LogP contribution in [0.3, 0.4) is 0 Å². The van der Waals surface area contributed by atoms with Crippen molar-refractivity contribution in [3.05, 3.63) is 24.3 Å². The molecular weight excluding hydrogens is 248 g/mol. The Morgan fingerprint density at radius 1 is 1.26 bits per heavy atom. The van der Waals surface area contributed by atoms with Gasteiger partial charge in [0.25, 0.3) is 0 Å². The van der Waals surface area contributed by atoms with Gasteiger partial charge in [-0.25, -0.2) is 4.79 Å². The Labute approximate surface area is 114 Å². The summed E-state index contributed by atoms with van der Waals surface area (Å²) in [5.74, 6) is -1.47. The highest BCUT2D eigenvalue weighted by atomic mass is 17.5. The SMILES string of the molecule is C=C(C)C(CC(C)(C)C)OC(=O)OC1(C(=C)C)OO1. The average Bonchev–Trinajstić information content (AvgIpc) is 2.95. The van der Waals surface area contributed by atoms with Gasteiger partial charge in [-0.3, -0.25) is 0 Å². The van der Waals surface area contributed by atoms with Crippen LogP contribution >= 0.6 is 0 Å². The summed E-state index contributed by atoms with van der Waals surface area (Å²) in [4.78, 5) is 21.0. The highest BCUT2D eigenvalue weighted by Crippen LogP contribution is 2.38. The Balaban J connectivity index is 2.58. The predicted octanol–water partition coefficient (Wildman–Crippen LogP) is 3.71. The molecule has 108 valence electrons. The first kappa shape index (κ1) is 15.7. The maximum atomic E-state index is 11.7. The van der Waals surface area contributed by atoms with Crippen LogP contribution in [0.4, 0.5) is 4.79 Å². The van der Waals surface area contributed by atoms with Crippen molar-refractivity contribution in [1.29, 1.82) is 0 Å². The van der Waals surface area contributed by atoms with Crippen LogP contribution in [0.25, 0.3) is 0 Å². The minimum Gasteiger partial charge on any atom is -0.426 e. The third kappa shape index (κ3) is 4.69. The van der Waals surface area contributed by atoms with Crippen LogP contribution in [0.15, 0.2) is 24.3 Å². The molecule has 0 bridgehead atoms. The largest absolute Gasteiger partial charge is 0.513 e. The Morgan fingerprint density at radius 2 is 1.79 bits per heavy atom. The molecule has 0 amide bonds. The lowest BCUT2D eigenvalue weighted by atomic mass is 9.87. The Morgan fingerprint density at radius 3 is 2.11 bits per heavy atom. The van der Waals surface area contributed by atoms with Crippen LogP contribution in [0.2, 0.25) is 0 Å². The molecule has 5 heteroatoms. The van der Waals surface area contributed by atoms with Crippen LogP contribution in [-0.4, -0.2) is 18.2 Å². The van der Waals surface area contributed by atoms with Gasteiger partial charge in [-0.15, -0.1) is 9.78 Å². The Bertz CT molecular complexity index is 387. The molecule has 1 rings (SSSR count). The van der Waals surface area contributed by atoms with Gasteiger partial charge in [0.2, 0.25) is 0 Å². The summed E-state index contributed by atoms with van der Waals surface area (Å²) >= 11 is 0. The average molecular weight is 270 g/mol. The van der Waals surface area contributed by atoms with E-state index in [0.29, 0.717) is 12.0 Å². The standard InChI is InChI=1S/C14H22O5/c1-9(2)11(8-13(5,6)7)16-12(15)17-14(10(3)4)18-19-14/h11H,1,3,8H2,2,4-7H3. The lowest BCUT2D eigenvalue weighted by molar-refractivity contribution is -0.0377. The molecule has 1 heterocycles. The second kappa shape index (κ2) is 5.35. The molecule has 0 aromatic heterocycles. The summed E-state index contributed by atoms with van der Waals surface area (Å²) < 4.78 is 10.2. The van der Waals surface area contributed by atoms with Gasteiger partial charge in [-0.2, -0.15) is 0 Å². The Hall–Kier alpha value is -1.33. The molecule has 1 aliphatic heterocycles. The van der Waals surface area contributed by atoms with Crippen LogP contribution in [-0.2, 0) is 19.2 Å². The molecule has 0 N–H and O–H groups in total. The fraction of sp³-hybridized carbons (Fsp3) is 0.643. The van der Waals surface area contributed by atoms with Crippen molar-refractivity contribution in [3.63, 3.8) is 0 Å². The van der Waals surface area contributed by atoms with E-state index in [9.17, 15) is 4.79 Å². The van der Waals surface area contributed by atoms with Crippen LogP contribution in [0.1, 0.15) is 41.0 Å². The lowest BCUT2D eigenvalue weighted by Gasteiger charge is -2.26. The normalized spacial score (nSPS) is 18.4. The van der Waals surface area contributed by atoms with Crippen molar-refractivity contribution in [2.45, 2.75) is 53.1 Å². The van der Waals surface area contributed by atoms with Gasteiger partial charge in [0.15, 0.2) is 0 Å². The van der Waals surface area contributed by atoms with Crippen LogP contribution in [0, 0.1) is 5.41 Å². The van der Waals surface area contributed by atoms with Crippen molar-refractivity contribution in [1.82, 2.24) is 0 Å².